The molecular weight excluding hydrogens is 242 g/mol. The molecule has 0 aromatic heterocycles. The molecule has 1 N–H and O–H groups in total. The van der Waals surface area contributed by atoms with Crippen LogP contribution in [-0.2, 0) is 28.6 Å². The first-order valence-electron chi connectivity index (χ1n) is 5.69. The summed E-state index contributed by atoms with van der Waals surface area (Å²) in [5.41, 5.74) is 0. The molecule has 0 unspecified atom stereocenters. The summed E-state index contributed by atoms with van der Waals surface area (Å²) < 4.78 is 14.9. The van der Waals surface area contributed by atoms with Crippen molar-refractivity contribution in [2.24, 2.45) is 0 Å². The van der Waals surface area contributed by atoms with E-state index in [0.29, 0.717) is 13.2 Å². The van der Waals surface area contributed by atoms with E-state index in [4.69, 9.17) is 14.2 Å². The van der Waals surface area contributed by atoms with Gasteiger partial charge >= 0.3 is 11.9 Å². The van der Waals surface area contributed by atoms with Gasteiger partial charge in [0.05, 0.1) is 6.61 Å². The maximum atomic E-state index is 11.8. The van der Waals surface area contributed by atoms with Crippen LogP contribution in [0.3, 0.4) is 0 Å². The number of carbonyl (C=O) groups is 3. The molecule has 1 aliphatic rings. The third kappa shape index (κ3) is 4.33. The molecule has 0 spiro atoms. The molecule has 1 fully saturated rings. The van der Waals surface area contributed by atoms with Gasteiger partial charge in [0, 0.05) is 20.4 Å². The fraction of sp³-hybridized carbons (Fsp3) is 0.727. The molecule has 1 rings (SSSR count). The van der Waals surface area contributed by atoms with Crippen LogP contribution in [0, 0.1) is 0 Å². The Morgan fingerprint density at radius 1 is 1.28 bits per heavy atom. The van der Waals surface area contributed by atoms with Gasteiger partial charge in [0.2, 0.25) is 6.10 Å². The molecule has 3 atom stereocenters. The largest absolute Gasteiger partial charge is 0.455 e. The van der Waals surface area contributed by atoms with Crippen LogP contribution in [0.25, 0.3) is 0 Å². The Labute approximate surface area is 105 Å². The van der Waals surface area contributed by atoms with E-state index < -0.39 is 36.2 Å². The van der Waals surface area contributed by atoms with Gasteiger partial charge in [-0.3, -0.25) is 14.4 Å². The predicted octanol–water partition coefficient (Wildman–Crippen LogP) is -0.615. The van der Waals surface area contributed by atoms with Gasteiger partial charge in [-0.15, -0.1) is 0 Å². The Morgan fingerprint density at radius 2 is 1.83 bits per heavy atom. The normalized spacial score (nSPS) is 20.5. The Morgan fingerprint density at radius 3 is 2.22 bits per heavy atom. The number of hydrogen-bond donors (Lipinski definition) is 1. The highest BCUT2D eigenvalue weighted by Crippen LogP contribution is 2.22. The van der Waals surface area contributed by atoms with Crippen molar-refractivity contribution in [1.82, 2.24) is 5.32 Å². The van der Waals surface area contributed by atoms with Gasteiger partial charge in [0.1, 0.15) is 6.10 Å². The zero-order chi connectivity index (χ0) is 13.7. The number of epoxide rings is 1. The number of esters is 2. The zero-order valence-corrected chi connectivity index (χ0v) is 10.6. The van der Waals surface area contributed by atoms with E-state index >= 15 is 0 Å². The smallest absolute Gasteiger partial charge is 0.303 e. The highest BCUT2D eigenvalue weighted by Gasteiger charge is 2.45. The average Bonchev–Trinajstić information content (AvgIpc) is 3.06. The summed E-state index contributed by atoms with van der Waals surface area (Å²) in [7, 11) is 0. The van der Waals surface area contributed by atoms with Crippen LogP contribution in [0.2, 0.25) is 0 Å². The van der Waals surface area contributed by atoms with E-state index in [1.54, 1.807) is 6.92 Å². The molecular formula is C11H17NO6. The molecule has 0 saturated carbocycles. The van der Waals surface area contributed by atoms with E-state index in [9.17, 15) is 14.4 Å². The van der Waals surface area contributed by atoms with Gasteiger partial charge in [-0.2, -0.15) is 0 Å². The number of likely N-dealkylation sites (N-methyl/N-ethyl adjacent to an activating group) is 1. The lowest BCUT2D eigenvalue weighted by molar-refractivity contribution is -0.171. The molecule has 0 radical (unpaired) electrons. The molecule has 18 heavy (non-hydrogen) atoms. The Hall–Kier alpha value is -1.63. The zero-order valence-electron chi connectivity index (χ0n) is 10.6. The van der Waals surface area contributed by atoms with Gasteiger partial charge in [-0.1, -0.05) is 0 Å². The van der Waals surface area contributed by atoms with Crippen molar-refractivity contribution in [2.45, 2.75) is 39.1 Å². The molecule has 0 aliphatic carbocycles. The SMILES string of the molecule is CCNC(=O)[C@H](OC(C)=O)[C@H](OC(C)=O)[C@H]1CO1. The number of nitrogens with one attached hydrogen (secondary N) is 1. The number of ether oxygens (including phenoxy) is 3. The first kappa shape index (κ1) is 14.4. The van der Waals surface area contributed by atoms with Crippen LogP contribution in [0.5, 0.6) is 0 Å². The summed E-state index contributed by atoms with van der Waals surface area (Å²) in [6.45, 7) is 4.89. The summed E-state index contributed by atoms with van der Waals surface area (Å²) in [5.74, 6) is -1.68. The van der Waals surface area contributed by atoms with E-state index in [1.807, 2.05) is 0 Å². The van der Waals surface area contributed by atoms with Crippen LogP contribution in [0.4, 0.5) is 0 Å². The van der Waals surface area contributed by atoms with E-state index in [-0.39, 0.29) is 0 Å². The molecule has 0 bridgehead atoms. The summed E-state index contributed by atoms with van der Waals surface area (Å²) in [6.07, 6.45) is -2.49. The number of carbonyl (C=O) groups excluding carboxylic acids is 3. The average molecular weight is 259 g/mol. The van der Waals surface area contributed by atoms with E-state index in [1.165, 1.54) is 13.8 Å². The summed E-state index contributed by atoms with van der Waals surface area (Å²) >= 11 is 0. The van der Waals surface area contributed by atoms with Crippen molar-refractivity contribution in [3.05, 3.63) is 0 Å². The van der Waals surface area contributed by atoms with Crippen LogP contribution >= 0.6 is 0 Å². The summed E-state index contributed by atoms with van der Waals surface area (Å²) in [6, 6.07) is 0. The third-order valence-corrected chi connectivity index (χ3v) is 2.23. The molecule has 102 valence electrons. The topological polar surface area (TPSA) is 94.2 Å². The fourth-order valence-electron chi connectivity index (χ4n) is 1.49. The molecule has 1 amide bonds. The second-order valence-electron chi connectivity index (χ2n) is 3.87. The Balaban J connectivity index is 2.78. The quantitative estimate of drug-likeness (QED) is 0.505. The van der Waals surface area contributed by atoms with Crippen molar-refractivity contribution >= 4 is 17.8 Å². The predicted molar refractivity (Wildman–Crippen MR) is 59.5 cm³/mol. The van der Waals surface area contributed by atoms with Crippen LogP contribution in [-0.4, -0.2) is 49.3 Å². The molecule has 0 aromatic carbocycles. The van der Waals surface area contributed by atoms with Gasteiger partial charge in [0.25, 0.3) is 5.91 Å². The lowest BCUT2D eigenvalue weighted by atomic mass is 10.1. The first-order chi connectivity index (χ1) is 8.45. The summed E-state index contributed by atoms with van der Waals surface area (Å²) in [5, 5.41) is 2.52. The number of amides is 1. The second-order valence-corrected chi connectivity index (χ2v) is 3.87. The molecule has 1 heterocycles. The minimum absolute atomic E-state index is 0.370. The maximum Gasteiger partial charge on any atom is 0.303 e. The number of rotatable bonds is 6. The van der Waals surface area contributed by atoms with Gasteiger partial charge in [-0.25, -0.2) is 0 Å². The van der Waals surface area contributed by atoms with Crippen molar-refractivity contribution in [1.29, 1.82) is 0 Å². The second kappa shape index (κ2) is 6.34. The first-order valence-corrected chi connectivity index (χ1v) is 5.69. The summed E-state index contributed by atoms with van der Waals surface area (Å²) in [4.78, 5) is 33.8. The lowest BCUT2D eigenvalue weighted by Crippen LogP contribution is -2.48. The van der Waals surface area contributed by atoms with Crippen LogP contribution in [0.15, 0.2) is 0 Å². The van der Waals surface area contributed by atoms with Gasteiger partial charge in [0.15, 0.2) is 6.10 Å². The third-order valence-electron chi connectivity index (χ3n) is 2.23. The fourth-order valence-corrected chi connectivity index (χ4v) is 1.49. The Bertz CT molecular complexity index is 338. The van der Waals surface area contributed by atoms with Crippen molar-refractivity contribution in [3.63, 3.8) is 0 Å². The highest BCUT2D eigenvalue weighted by atomic mass is 16.6. The van der Waals surface area contributed by atoms with Crippen LogP contribution in [0.1, 0.15) is 20.8 Å². The highest BCUT2D eigenvalue weighted by molar-refractivity contribution is 5.84. The monoisotopic (exact) mass is 259 g/mol. The van der Waals surface area contributed by atoms with Crippen molar-refractivity contribution < 1.29 is 28.6 Å². The minimum Gasteiger partial charge on any atom is -0.455 e. The molecule has 1 saturated heterocycles. The maximum absolute atomic E-state index is 11.8. The molecule has 0 aromatic rings. The van der Waals surface area contributed by atoms with Crippen molar-refractivity contribution in [2.75, 3.05) is 13.2 Å². The van der Waals surface area contributed by atoms with Gasteiger partial charge in [-0.05, 0) is 6.92 Å². The van der Waals surface area contributed by atoms with Gasteiger partial charge < -0.3 is 19.5 Å². The standard InChI is InChI=1S/C11H17NO6/c1-4-12-11(15)10(18-7(3)14)9(8-5-16-8)17-6(2)13/h8-10H,4-5H2,1-3H3,(H,12,15)/t8-,9-,10-/m1/s1. The van der Waals surface area contributed by atoms with E-state index in [0.717, 1.165) is 0 Å². The molecule has 1 aliphatic heterocycles. The molecule has 7 heteroatoms. The molecule has 7 nitrogen and oxygen atoms in total. The lowest BCUT2D eigenvalue weighted by Gasteiger charge is -2.23. The minimum atomic E-state index is -1.18. The van der Waals surface area contributed by atoms with Crippen molar-refractivity contribution in [3.8, 4) is 0 Å². The number of hydrogen-bond acceptors (Lipinski definition) is 6. The van der Waals surface area contributed by atoms with Crippen LogP contribution < -0.4 is 5.32 Å². The Kier molecular flexibility index (Phi) is 5.08. The van der Waals surface area contributed by atoms with E-state index in [2.05, 4.69) is 5.32 Å².